The Hall–Kier alpha value is -4.19. The Balaban J connectivity index is 1.83. The number of alkyl halides is 3. The van der Waals surface area contributed by atoms with Crippen LogP contribution in [0.2, 0.25) is 0 Å². The van der Waals surface area contributed by atoms with E-state index in [1.54, 1.807) is 19.1 Å². The van der Waals surface area contributed by atoms with Gasteiger partial charge in [-0.25, -0.2) is 14.2 Å². The number of aromatic nitrogens is 1. The average Bonchev–Trinajstić information content (AvgIpc) is 2.99. The quantitative estimate of drug-likeness (QED) is 0.174. The molecular formula is C32H36F4N2O6. The minimum Gasteiger partial charge on any atom is -0.503 e. The van der Waals surface area contributed by atoms with E-state index < -0.39 is 47.3 Å². The Labute approximate surface area is 253 Å². The lowest BCUT2D eigenvalue weighted by molar-refractivity contribution is -0.155. The van der Waals surface area contributed by atoms with Crippen molar-refractivity contribution in [1.82, 2.24) is 10.3 Å². The molecule has 2 N–H and O–H groups in total. The molecule has 3 aromatic rings. The van der Waals surface area contributed by atoms with Gasteiger partial charge in [-0.05, 0) is 61.1 Å². The summed E-state index contributed by atoms with van der Waals surface area (Å²) in [6.07, 6.45) is -2.52. The second-order valence-corrected chi connectivity index (χ2v) is 10.4. The highest BCUT2D eigenvalue weighted by Gasteiger charge is 2.33. The summed E-state index contributed by atoms with van der Waals surface area (Å²) >= 11 is 0. The van der Waals surface area contributed by atoms with Crippen molar-refractivity contribution >= 4 is 11.9 Å². The molecule has 0 aliphatic carbocycles. The molecule has 8 nitrogen and oxygen atoms in total. The summed E-state index contributed by atoms with van der Waals surface area (Å²) in [5.74, 6) is -3.03. The minimum absolute atomic E-state index is 0.0203. The predicted molar refractivity (Wildman–Crippen MR) is 154 cm³/mol. The van der Waals surface area contributed by atoms with Crippen LogP contribution >= 0.6 is 0 Å². The van der Waals surface area contributed by atoms with E-state index in [4.69, 9.17) is 14.2 Å². The van der Waals surface area contributed by atoms with Crippen molar-refractivity contribution < 1.29 is 46.5 Å². The minimum atomic E-state index is -4.45. The largest absolute Gasteiger partial charge is 0.503 e. The lowest BCUT2D eigenvalue weighted by Crippen LogP contribution is -2.47. The third-order valence-corrected chi connectivity index (χ3v) is 7.44. The Bertz CT molecular complexity index is 1380. The summed E-state index contributed by atoms with van der Waals surface area (Å²) in [4.78, 5) is 30.1. The number of aromatic hydroxyl groups is 1. The van der Waals surface area contributed by atoms with E-state index in [-0.39, 0.29) is 29.9 Å². The number of ether oxygens (including phenoxy) is 3. The van der Waals surface area contributed by atoms with Crippen molar-refractivity contribution in [1.29, 1.82) is 0 Å². The van der Waals surface area contributed by atoms with Crippen molar-refractivity contribution in [3.8, 4) is 11.5 Å². The van der Waals surface area contributed by atoms with Crippen LogP contribution in [0.1, 0.15) is 47.4 Å². The van der Waals surface area contributed by atoms with E-state index in [1.165, 1.54) is 50.7 Å². The van der Waals surface area contributed by atoms with Gasteiger partial charge in [-0.1, -0.05) is 37.6 Å². The van der Waals surface area contributed by atoms with Crippen molar-refractivity contribution in [2.45, 2.75) is 51.4 Å². The van der Waals surface area contributed by atoms with E-state index in [1.807, 2.05) is 6.92 Å². The zero-order valence-electron chi connectivity index (χ0n) is 24.9. The Morgan fingerprint density at radius 1 is 0.977 bits per heavy atom. The van der Waals surface area contributed by atoms with Crippen LogP contribution in [-0.2, 0) is 33.3 Å². The van der Waals surface area contributed by atoms with Crippen LogP contribution in [0.5, 0.6) is 11.5 Å². The molecule has 0 bridgehead atoms. The summed E-state index contributed by atoms with van der Waals surface area (Å²) in [7, 11) is 2.65. The number of pyridine rings is 1. The van der Waals surface area contributed by atoms with Gasteiger partial charge in [-0.3, -0.25) is 4.79 Å². The van der Waals surface area contributed by atoms with Crippen molar-refractivity contribution in [3.05, 3.63) is 89.0 Å². The summed E-state index contributed by atoms with van der Waals surface area (Å²) in [6.45, 7) is 3.39. The normalized spacial score (nSPS) is 14.3. The highest BCUT2D eigenvalue weighted by molar-refractivity contribution is 5.98. The summed E-state index contributed by atoms with van der Waals surface area (Å²) < 4.78 is 68.9. The molecule has 3 rings (SSSR count). The number of nitrogens with one attached hydrogen (secondary N) is 1. The van der Waals surface area contributed by atoms with Gasteiger partial charge in [0, 0.05) is 25.3 Å². The molecule has 0 radical (unpaired) electrons. The van der Waals surface area contributed by atoms with E-state index in [0.29, 0.717) is 24.8 Å². The fourth-order valence-electron chi connectivity index (χ4n) is 5.02. The van der Waals surface area contributed by atoms with Gasteiger partial charge < -0.3 is 24.6 Å². The number of nitrogens with zero attached hydrogens (tertiary/aromatic N) is 1. The molecule has 0 aliphatic rings. The third-order valence-electron chi connectivity index (χ3n) is 7.44. The van der Waals surface area contributed by atoms with Gasteiger partial charge in [-0.2, -0.15) is 13.2 Å². The first-order chi connectivity index (χ1) is 20.9. The maximum absolute atomic E-state index is 13.6. The predicted octanol–water partition coefficient (Wildman–Crippen LogP) is 5.76. The molecule has 1 aromatic heterocycles. The topological polar surface area (TPSA) is 107 Å². The van der Waals surface area contributed by atoms with Crippen molar-refractivity contribution in [2.24, 2.45) is 11.8 Å². The maximum Gasteiger partial charge on any atom is 0.416 e. The molecule has 12 heteroatoms. The Morgan fingerprint density at radius 3 is 2.16 bits per heavy atom. The van der Waals surface area contributed by atoms with Crippen molar-refractivity contribution in [3.63, 3.8) is 0 Å². The average molecular weight is 621 g/mol. The second kappa shape index (κ2) is 15.5. The van der Waals surface area contributed by atoms with E-state index in [9.17, 15) is 32.3 Å². The first kappa shape index (κ1) is 34.3. The van der Waals surface area contributed by atoms with Gasteiger partial charge in [-0.15, -0.1) is 0 Å². The second-order valence-electron chi connectivity index (χ2n) is 10.4. The van der Waals surface area contributed by atoms with Gasteiger partial charge in [0.05, 0.1) is 19.3 Å². The third kappa shape index (κ3) is 9.15. The zero-order valence-corrected chi connectivity index (χ0v) is 24.9. The van der Waals surface area contributed by atoms with Crippen LogP contribution < -0.4 is 10.1 Å². The number of amides is 1. The molecule has 0 saturated carbocycles. The first-order valence-electron chi connectivity index (χ1n) is 14.0. The Kier molecular flexibility index (Phi) is 12.1. The zero-order chi connectivity index (χ0) is 32.4. The monoisotopic (exact) mass is 620 g/mol. The molecule has 0 aliphatic heterocycles. The maximum atomic E-state index is 13.6. The van der Waals surface area contributed by atoms with Gasteiger partial charge >= 0.3 is 12.1 Å². The molecule has 0 fully saturated rings. The van der Waals surface area contributed by atoms with Crippen LogP contribution in [0.25, 0.3) is 0 Å². The number of hydrogen-bond acceptors (Lipinski definition) is 7. The van der Waals surface area contributed by atoms with Crippen LogP contribution in [0, 0.1) is 17.7 Å². The summed E-state index contributed by atoms with van der Waals surface area (Å²) in [5.41, 5.74) is 0.361. The number of esters is 1. The van der Waals surface area contributed by atoms with E-state index in [2.05, 4.69) is 10.3 Å². The van der Waals surface area contributed by atoms with Gasteiger partial charge in [0.25, 0.3) is 5.91 Å². The van der Waals surface area contributed by atoms with Gasteiger partial charge in [0.1, 0.15) is 11.9 Å². The number of benzene rings is 2. The van der Waals surface area contributed by atoms with Gasteiger partial charge in [0.15, 0.2) is 23.2 Å². The number of methoxy groups -OCH3 is 2. The molecule has 1 heterocycles. The molecule has 2 aromatic carbocycles. The fraction of sp³-hybridized carbons (Fsp3) is 0.406. The lowest BCUT2D eigenvalue weighted by Gasteiger charge is -2.32. The van der Waals surface area contributed by atoms with Crippen molar-refractivity contribution in [2.75, 3.05) is 20.8 Å². The van der Waals surface area contributed by atoms with E-state index in [0.717, 1.165) is 17.7 Å². The van der Waals surface area contributed by atoms with E-state index >= 15 is 0 Å². The SMILES string of the molecule is CC[C@H](Cc1ccc(C(F)(F)F)cc1)[C@@H](Cc1ccc(F)cc1)[C@H](C)OC(=O)[C@H](COC)NC(=O)c1nccc(OC)c1O. The molecule has 0 spiro atoms. The lowest BCUT2D eigenvalue weighted by atomic mass is 9.78. The molecule has 1 amide bonds. The van der Waals surface area contributed by atoms with Crippen LogP contribution in [0.3, 0.4) is 0 Å². The molecule has 238 valence electrons. The molecule has 4 atom stereocenters. The molecule has 0 unspecified atom stereocenters. The number of hydrogen-bond donors (Lipinski definition) is 2. The number of rotatable bonds is 14. The summed E-state index contributed by atoms with van der Waals surface area (Å²) in [6, 6.07) is 11.0. The highest BCUT2D eigenvalue weighted by Crippen LogP contribution is 2.32. The molecular weight excluding hydrogens is 584 g/mol. The number of carbonyl (C=O) groups is 2. The van der Waals surface area contributed by atoms with Crippen LogP contribution in [0.4, 0.5) is 17.6 Å². The van der Waals surface area contributed by atoms with Crippen LogP contribution in [0.15, 0.2) is 60.8 Å². The molecule has 44 heavy (non-hydrogen) atoms. The Morgan fingerprint density at radius 2 is 1.59 bits per heavy atom. The highest BCUT2D eigenvalue weighted by atomic mass is 19.4. The standard InChI is InChI=1S/C32H36F4N2O6/c1-5-22(16-20-6-10-23(11-7-20)32(34,35)36)25(17-21-8-12-24(33)13-9-21)19(2)44-31(41)26(18-42-3)38-30(40)28-29(39)27(43-4)14-15-37-28/h6-15,19,22,25-26,39H,5,16-18H2,1-4H3,(H,38,40)/t19-,22+,25-,26-/m0/s1. The summed E-state index contributed by atoms with van der Waals surface area (Å²) in [5, 5.41) is 12.8. The smallest absolute Gasteiger partial charge is 0.416 e. The van der Waals surface area contributed by atoms with Gasteiger partial charge in [0.2, 0.25) is 0 Å². The number of carbonyl (C=O) groups excluding carboxylic acids is 2. The number of halogens is 4. The molecule has 0 saturated heterocycles. The fourth-order valence-corrected chi connectivity index (χ4v) is 5.02. The first-order valence-corrected chi connectivity index (χ1v) is 14.0. The van der Waals surface area contributed by atoms with Crippen LogP contribution in [-0.4, -0.2) is 54.9 Å².